The molecule has 0 spiro atoms. The molecular weight excluding hydrogens is 312 g/mol. The molecule has 0 bridgehead atoms. The first-order valence-electron chi connectivity index (χ1n) is 8.00. The summed E-state index contributed by atoms with van der Waals surface area (Å²) in [5.74, 6) is 0.0339. The van der Waals surface area contributed by atoms with Gasteiger partial charge in [-0.2, -0.15) is 0 Å². The van der Waals surface area contributed by atoms with Crippen LogP contribution in [0.2, 0.25) is 0 Å². The van der Waals surface area contributed by atoms with Crippen LogP contribution in [0.3, 0.4) is 0 Å². The summed E-state index contributed by atoms with van der Waals surface area (Å²) in [5.41, 5.74) is 1.02. The molecule has 2 aliphatic rings. The average molecular weight is 332 g/mol. The molecule has 3 rings (SSSR count). The van der Waals surface area contributed by atoms with Gasteiger partial charge in [-0.15, -0.1) is 0 Å². The Hall–Kier alpha value is -2.25. The minimum Gasteiger partial charge on any atom is -0.463 e. The zero-order valence-corrected chi connectivity index (χ0v) is 13.7. The molecular formula is C17H20N2O5. The normalized spacial score (nSPS) is 21.0. The first kappa shape index (κ1) is 16.6. The molecule has 1 fully saturated rings. The number of ketones is 1. The van der Waals surface area contributed by atoms with Crippen LogP contribution in [0.15, 0.2) is 23.8 Å². The third-order valence-corrected chi connectivity index (χ3v) is 4.21. The van der Waals surface area contributed by atoms with E-state index in [4.69, 9.17) is 9.47 Å². The van der Waals surface area contributed by atoms with Crippen molar-refractivity contribution in [1.82, 2.24) is 4.90 Å². The number of hydrogen-bond donors (Lipinski definition) is 0. The molecule has 0 aliphatic carbocycles. The fourth-order valence-electron chi connectivity index (χ4n) is 2.95. The Morgan fingerprint density at radius 3 is 2.67 bits per heavy atom. The fraction of sp³-hybridized carbons (Fsp3) is 0.471. The number of Topliss-reactive ketones (excluding diaryl/α,β-unsaturated/α-hetero) is 1. The highest BCUT2D eigenvalue weighted by molar-refractivity contribution is 6.02. The van der Waals surface area contributed by atoms with Crippen LogP contribution in [0.25, 0.3) is 6.08 Å². The smallest absolute Gasteiger partial charge is 0.311 e. The van der Waals surface area contributed by atoms with E-state index in [0.717, 1.165) is 0 Å². The number of fused-ring (bicyclic) bond motifs is 1. The van der Waals surface area contributed by atoms with Gasteiger partial charge < -0.3 is 9.47 Å². The predicted octanol–water partition coefficient (Wildman–Crippen LogP) is 2.25. The van der Waals surface area contributed by atoms with E-state index in [1.54, 1.807) is 18.2 Å². The number of carbonyl (C=O) groups excluding carboxylic acids is 1. The third kappa shape index (κ3) is 3.05. The summed E-state index contributed by atoms with van der Waals surface area (Å²) < 4.78 is 11.3. The van der Waals surface area contributed by atoms with E-state index in [-0.39, 0.29) is 23.1 Å². The number of ether oxygens (including phenoxy) is 2. The molecule has 24 heavy (non-hydrogen) atoms. The van der Waals surface area contributed by atoms with Crippen LogP contribution in [0.4, 0.5) is 5.69 Å². The van der Waals surface area contributed by atoms with Gasteiger partial charge in [0.05, 0.1) is 23.7 Å². The number of nitro benzene ring substituents is 1. The van der Waals surface area contributed by atoms with Crippen LogP contribution in [-0.2, 0) is 9.53 Å². The van der Waals surface area contributed by atoms with Crippen molar-refractivity contribution in [3.05, 3.63) is 39.4 Å². The highest BCUT2D eigenvalue weighted by Gasteiger charge is 2.36. The first-order chi connectivity index (χ1) is 11.5. The lowest BCUT2D eigenvalue weighted by molar-refractivity contribution is -0.386. The standard InChI is InChI=1S/C17H20N2O5/c1-11(2)15(20)13-10-12-4-3-5-14(19(21)22)16(12)24-17(13)18-6-8-23-9-7-18/h3-5,10-11,17H,6-9H2,1-2H3/t17-/m1/s1. The lowest BCUT2D eigenvalue weighted by atomic mass is 9.94. The summed E-state index contributed by atoms with van der Waals surface area (Å²) in [5, 5.41) is 11.3. The lowest BCUT2D eigenvalue weighted by Gasteiger charge is -2.37. The number of hydrogen-bond acceptors (Lipinski definition) is 6. The van der Waals surface area contributed by atoms with E-state index in [0.29, 0.717) is 37.4 Å². The maximum absolute atomic E-state index is 12.6. The van der Waals surface area contributed by atoms with Crippen LogP contribution >= 0.6 is 0 Å². The highest BCUT2D eigenvalue weighted by Crippen LogP contribution is 2.39. The number of nitrogens with zero attached hydrogens (tertiary/aromatic N) is 2. The second-order valence-corrected chi connectivity index (χ2v) is 6.19. The second kappa shape index (κ2) is 6.70. The van der Waals surface area contributed by atoms with Crippen molar-refractivity contribution in [2.24, 2.45) is 5.92 Å². The Kier molecular flexibility index (Phi) is 4.64. The maximum Gasteiger partial charge on any atom is 0.311 e. The van der Waals surface area contributed by atoms with Crippen LogP contribution < -0.4 is 4.74 Å². The van der Waals surface area contributed by atoms with Crippen LogP contribution in [0.1, 0.15) is 19.4 Å². The zero-order chi connectivity index (χ0) is 17.3. The summed E-state index contributed by atoms with van der Waals surface area (Å²) in [6, 6.07) is 4.74. The molecule has 0 amide bonds. The molecule has 0 unspecified atom stereocenters. The number of rotatable bonds is 4. The Morgan fingerprint density at radius 1 is 1.33 bits per heavy atom. The zero-order valence-electron chi connectivity index (χ0n) is 13.7. The summed E-state index contributed by atoms with van der Waals surface area (Å²) in [6.45, 7) is 6.00. The van der Waals surface area contributed by atoms with E-state index < -0.39 is 11.2 Å². The first-order valence-corrected chi connectivity index (χ1v) is 8.00. The number of para-hydroxylation sites is 1. The summed E-state index contributed by atoms with van der Waals surface area (Å²) in [7, 11) is 0. The molecule has 1 aromatic rings. The van der Waals surface area contributed by atoms with Crippen LogP contribution in [0.5, 0.6) is 5.75 Å². The molecule has 1 saturated heterocycles. The topological polar surface area (TPSA) is 81.9 Å². The monoisotopic (exact) mass is 332 g/mol. The molecule has 7 nitrogen and oxygen atoms in total. The van der Waals surface area contributed by atoms with Gasteiger partial charge in [-0.05, 0) is 6.08 Å². The molecule has 2 heterocycles. The molecule has 7 heteroatoms. The molecule has 0 saturated carbocycles. The molecule has 0 radical (unpaired) electrons. The van der Waals surface area contributed by atoms with E-state index in [1.165, 1.54) is 6.07 Å². The van der Waals surface area contributed by atoms with Crippen LogP contribution in [-0.4, -0.2) is 48.1 Å². The summed E-state index contributed by atoms with van der Waals surface area (Å²) in [4.78, 5) is 25.5. The molecule has 1 aromatic carbocycles. The van der Waals surface area contributed by atoms with Crippen molar-refractivity contribution in [3.63, 3.8) is 0 Å². The Balaban J connectivity index is 2.06. The minimum atomic E-state index is -0.614. The van der Waals surface area contributed by atoms with Crippen molar-refractivity contribution in [3.8, 4) is 5.75 Å². The van der Waals surface area contributed by atoms with Gasteiger partial charge in [0, 0.05) is 30.6 Å². The van der Waals surface area contributed by atoms with Gasteiger partial charge in [0.25, 0.3) is 0 Å². The van der Waals surface area contributed by atoms with Gasteiger partial charge >= 0.3 is 5.69 Å². The molecule has 2 aliphatic heterocycles. The summed E-state index contributed by atoms with van der Waals surface area (Å²) in [6.07, 6.45) is 1.12. The van der Waals surface area contributed by atoms with Gasteiger partial charge in [-0.1, -0.05) is 26.0 Å². The van der Waals surface area contributed by atoms with E-state index in [9.17, 15) is 14.9 Å². The predicted molar refractivity (Wildman–Crippen MR) is 87.7 cm³/mol. The summed E-state index contributed by atoms with van der Waals surface area (Å²) >= 11 is 0. The van der Waals surface area contributed by atoms with Gasteiger partial charge in [-0.25, -0.2) is 0 Å². The Bertz CT molecular complexity index is 692. The van der Waals surface area contributed by atoms with Gasteiger partial charge in [0.1, 0.15) is 0 Å². The quantitative estimate of drug-likeness (QED) is 0.621. The lowest BCUT2D eigenvalue weighted by Crippen LogP contribution is -2.49. The fourth-order valence-corrected chi connectivity index (χ4v) is 2.95. The molecule has 0 aromatic heterocycles. The number of carbonyl (C=O) groups is 1. The van der Waals surface area contributed by atoms with Crippen LogP contribution in [0, 0.1) is 16.0 Å². The molecule has 128 valence electrons. The Labute approximate surface area is 140 Å². The van der Waals surface area contributed by atoms with E-state index in [1.807, 2.05) is 18.7 Å². The number of benzene rings is 1. The average Bonchev–Trinajstić information content (AvgIpc) is 2.59. The minimum absolute atomic E-state index is 0.0105. The second-order valence-electron chi connectivity index (χ2n) is 6.19. The number of morpholine rings is 1. The van der Waals surface area contributed by atoms with Gasteiger partial charge in [-0.3, -0.25) is 19.8 Å². The van der Waals surface area contributed by atoms with E-state index >= 15 is 0 Å². The third-order valence-electron chi connectivity index (χ3n) is 4.21. The number of nitro groups is 1. The molecule has 0 N–H and O–H groups in total. The van der Waals surface area contributed by atoms with Crippen molar-refractivity contribution in [2.75, 3.05) is 26.3 Å². The van der Waals surface area contributed by atoms with Gasteiger partial charge in [0.2, 0.25) is 5.75 Å². The SMILES string of the molecule is CC(C)C(=O)C1=Cc2cccc([N+](=O)[O-])c2O[C@H]1N1CCOCC1. The van der Waals surface area contributed by atoms with Crippen molar-refractivity contribution < 1.29 is 19.2 Å². The van der Waals surface area contributed by atoms with E-state index in [2.05, 4.69) is 0 Å². The molecule has 1 atom stereocenters. The van der Waals surface area contributed by atoms with Crippen molar-refractivity contribution in [1.29, 1.82) is 0 Å². The largest absolute Gasteiger partial charge is 0.463 e. The maximum atomic E-state index is 12.6. The van der Waals surface area contributed by atoms with Crippen molar-refractivity contribution >= 4 is 17.5 Å². The highest BCUT2D eigenvalue weighted by atomic mass is 16.6. The Morgan fingerprint density at radius 2 is 2.04 bits per heavy atom. The van der Waals surface area contributed by atoms with Gasteiger partial charge in [0.15, 0.2) is 12.0 Å². The van der Waals surface area contributed by atoms with Crippen molar-refractivity contribution in [2.45, 2.75) is 20.1 Å².